The minimum atomic E-state index is -4.19. The molecule has 0 aromatic heterocycles. The Labute approximate surface area is 132 Å². The zero-order valence-corrected chi connectivity index (χ0v) is 13.3. The molecule has 1 amide bonds. The molecule has 0 saturated heterocycles. The highest BCUT2D eigenvalue weighted by molar-refractivity contribution is 7.89. The molecule has 0 fully saturated rings. The molecule has 23 heavy (non-hydrogen) atoms. The molecule has 0 unspecified atom stereocenters. The SMILES string of the molecule is CNC(=O)COC(=O)[C@@H](NS(=O)(=O)c1ccc(F)cc1)[C@H](C)O. The monoisotopic (exact) mass is 348 g/mol. The van der Waals surface area contributed by atoms with Crippen LogP contribution in [0.1, 0.15) is 6.92 Å². The summed E-state index contributed by atoms with van der Waals surface area (Å²) in [5, 5.41) is 11.8. The molecule has 1 aromatic rings. The van der Waals surface area contributed by atoms with Crippen LogP contribution >= 0.6 is 0 Å². The Morgan fingerprint density at radius 2 is 1.87 bits per heavy atom. The maximum Gasteiger partial charge on any atom is 0.327 e. The van der Waals surface area contributed by atoms with Crippen LogP contribution in [0, 0.1) is 5.82 Å². The number of hydrogen-bond donors (Lipinski definition) is 3. The van der Waals surface area contributed by atoms with Crippen molar-refractivity contribution in [1.82, 2.24) is 10.0 Å². The fourth-order valence-electron chi connectivity index (χ4n) is 1.49. The van der Waals surface area contributed by atoms with E-state index >= 15 is 0 Å². The highest BCUT2D eigenvalue weighted by Gasteiger charge is 2.31. The molecule has 2 atom stereocenters. The van der Waals surface area contributed by atoms with Crippen LogP contribution in [0.2, 0.25) is 0 Å². The van der Waals surface area contributed by atoms with E-state index in [1.54, 1.807) is 0 Å². The lowest BCUT2D eigenvalue weighted by Crippen LogP contribution is -2.49. The predicted octanol–water partition coefficient (Wildman–Crippen LogP) is -0.857. The van der Waals surface area contributed by atoms with Crippen molar-refractivity contribution in [2.24, 2.45) is 0 Å². The third-order valence-electron chi connectivity index (χ3n) is 2.77. The highest BCUT2D eigenvalue weighted by Crippen LogP contribution is 2.11. The first kappa shape index (κ1) is 19.0. The topological polar surface area (TPSA) is 122 Å². The van der Waals surface area contributed by atoms with Crippen molar-refractivity contribution >= 4 is 21.9 Å². The van der Waals surface area contributed by atoms with Gasteiger partial charge in [0.1, 0.15) is 11.9 Å². The number of carbonyl (C=O) groups excluding carboxylic acids is 2. The van der Waals surface area contributed by atoms with Gasteiger partial charge in [0, 0.05) is 7.05 Å². The van der Waals surface area contributed by atoms with Crippen LogP contribution < -0.4 is 10.0 Å². The van der Waals surface area contributed by atoms with E-state index in [1.807, 2.05) is 4.72 Å². The molecule has 8 nitrogen and oxygen atoms in total. The zero-order valence-electron chi connectivity index (χ0n) is 12.4. The van der Waals surface area contributed by atoms with Gasteiger partial charge in [-0.1, -0.05) is 0 Å². The first-order chi connectivity index (χ1) is 10.7. The molecule has 0 radical (unpaired) electrons. The van der Waals surface area contributed by atoms with E-state index in [2.05, 4.69) is 10.1 Å². The fraction of sp³-hybridized carbons (Fsp3) is 0.385. The first-order valence-corrected chi connectivity index (χ1v) is 7.99. The summed E-state index contributed by atoms with van der Waals surface area (Å²) in [6, 6.07) is 2.28. The van der Waals surface area contributed by atoms with Gasteiger partial charge in [0.25, 0.3) is 5.91 Å². The van der Waals surface area contributed by atoms with Gasteiger partial charge in [0.15, 0.2) is 6.61 Å². The number of carbonyl (C=O) groups is 2. The first-order valence-electron chi connectivity index (χ1n) is 6.50. The van der Waals surface area contributed by atoms with Crippen molar-refractivity contribution in [1.29, 1.82) is 0 Å². The molecular weight excluding hydrogens is 331 g/mol. The Hall–Kier alpha value is -2.04. The summed E-state index contributed by atoms with van der Waals surface area (Å²) in [6.45, 7) is 0.565. The maximum atomic E-state index is 12.8. The van der Waals surface area contributed by atoms with E-state index in [4.69, 9.17) is 0 Å². The molecular formula is C13H17FN2O6S. The van der Waals surface area contributed by atoms with Gasteiger partial charge in [-0.2, -0.15) is 4.72 Å². The molecule has 3 N–H and O–H groups in total. The Morgan fingerprint density at radius 3 is 2.35 bits per heavy atom. The number of aliphatic hydroxyl groups is 1. The second-order valence-electron chi connectivity index (χ2n) is 4.57. The van der Waals surface area contributed by atoms with Crippen LogP contribution in [0.25, 0.3) is 0 Å². The Kier molecular flexibility index (Phi) is 6.61. The van der Waals surface area contributed by atoms with Gasteiger partial charge in [0.2, 0.25) is 10.0 Å². The van der Waals surface area contributed by atoms with E-state index in [0.29, 0.717) is 0 Å². The summed E-state index contributed by atoms with van der Waals surface area (Å²) >= 11 is 0. The molecule has 128 valence electrons. The third-order valence-corrected chi connectivity index (χ3v) is 4.22. The Bertz CT molecular complexity index is 660. The summed E-state index contributed by atoms with van der Waals surface area (Å²) in [6.07, 6.45) is -1.41. The Balaban J connectivity index is 2.88. The van der Waals surface area contributed by atoms with Crippen LogP contribution in [0.3, 0.4) is 0 Å². The second kappa shape index (κ2) is 7.99. The molecule has 0 aliphatic carbocycles. The summed E-state index contributed by atoms with van der Waals surface area (Å²) in [4.78, 5) is 22.6. The predicted molar refractivity (Wildman–Crippen MR) is 77.2 cm³/mol. The summed E-state index contributed by atoms with van der Waals surface area (Å²) in [7, 11) is -2.86. The third kappa shape index (κ3) is 5.58. The quantitative estimate of drug-likeness (QED) is 0.552. The number of benzene rings is 1. The van der Waals surface area contributed by atoms with Gasteiger partial charge in [-0.25, -0.2) is 12.8 Å². The van der Waals surface area contributed by atoms with Gasteiger partial charge in [0.05, 0.1) is 11.0 Å². The standard InChI is InChI=1S/C13H17FN2O6S/c1-8(17)12(13(19)22-7-11(18)15-2)16-23(20,21)10-5-3-9(14)4-6-10/h3-6,8,12,16-17H,7H2,1-2H3,(H,15,18)/t8-,12-/m0/s1. The maximum absolute atomic E-state index is 12.8. The molecule has 0 bridgehead atoms. The minimum Gasteiger partial charge on any atom is -0.454 e. The normalized spacial score (nSPS) is 13.9. The number of ether oxygens (including phenoxy) is 1. The van der Waals surface area contributed by atoms with Gasteiger partial charge in [-0.15, -0.1) is 0 Å². The van der Waals surface area contributed by atoms with Gasteiger partial charge < -0.3 is 15.2 Å². The summed E-state index contributed by atoms with van der Waals surface area (Å²) in [5.41, 5.74) is 0. The number of halogens is 1. The van der Waals surface area contributed by atoms with Crippen LogP contribution in [0.5, 0.6) is 0 Å². The van der Waals surface area contributed by atoms with E-state index in [9.17, 15) is 27.5 Å². The van der Waals surface area contributed by atoms with Gasteiger partial charge >= 0.3 is 5.97 Å². The fourth-order valence-corrected chi connectivity index (χ4v) is 2.75. The van der Waals surface area contributed by atoms with E-state index in [-0.39, 0.29) is 4.90 Å². The van der Waals surface area contributed by atoms with E-state index < -0.39 is 46.5 Å². The van der Waals surface area contributed by atoms with Crippen molar-refractivity contribution < 1.29 is 32.2 Å². The number of amides is 1. The average Bonchev–Trinajstić information content (AvgIpc) is 2.50. The van der Waals surface area contributed by atoms with Crippen molar-refractivity contribution in [3.8, 4) is 0 Å². The molecule has 0 saturated carbocycles. The number of nitrogens with one attached hydrogen (secondary N) is 2. The lowest BCUT2D eigenvalue weighted by atomic mass is 10.2. The lowest BCUT2D eigenvalue weighted by Gasteiger charge is -2.19. The van der Waals surface area contributed by atoms with Crippen LogP contribution in [0.15, 0.2) is 29.2 Å². The highest BCUT2D eigenvalue weighted by atomic mass is 32.2. The number of rotatable bonds is 7. The zero-order chi connectivity index (χ0) is 17.6. The molecule has 1 aromatic carbocycles. The molecule has 1 rings (SSSR count). The van der Waals surface area contributed by atoms with E-state index in [1.165, 1.54) is 14.0 Å². The number of likely N-dealkylation sites (N-methyl/N-ethyl adjacent to an activating group) is 1. The smallest absolute Gasteiger partial charge is 0.327 e. The van der Waals surface area contributed by atoms with Crippen molar-refractivity contribution in [2.75, 3.05) is 13.7 Å². The van der Waals surface area contributed by atoms with Crippen LogP contribution in [-0.4, -0.2) is 51.2 Å². The van der Waals surface area contributed by atoms with Crippen molar-refractivity contribution in [3.63, 3.8) is 0 Å². The van der Waals surface area contributed by atoms with Gasteiger partial charge in [-0.05, 0) is 31.2 Å². The summed E-state index contributed by atoms with van der Waals surface area (Å²) in [5.74, 6) is -2.33. The largest absolute Gasteiger partial charge is 0.454 e. The number of esters is 1. The Morgan fingerprint density at radius 1 is 1.30 bits per heavy atom. The number of hydrogen-bond acceptors (Lipinski definition) is 6. The molecule has 0 aliphatic heterocycles. The van der Waals surface area contributed by atoms with E-state index in [0.717, 1.165) is 24.3 Å². The van der Waals surface area contributed by atoms with Crippen LogP contribution in [0.4, 0.5) is 4.39 Å². The minimum absolute atomic E-state index is 0.288. The van der Waals surface area contributed by atoms with Gasteiger partial charge in [-0.3, -0.25) is 9.59 Å². The van der Waals surface area contributed by atoms with Crippen LogP contribution in [-0.2, 0) is 24.3 Å². The number of sulfonamides is 1. The molecule has 0 aliphatic rings. The lowest BCUT2D eigenvalue weighted by molar-refractivity contribution is -0.152. The van der Waals surface area contributed by atoms with Crippen molar-refractivity contribution in [3.05, 3.63) is 30.1 Å². The molecule has 0 spiro atoms. The second-order valence-corrected chi connectivity index (χ2v) is 6.29. The summed E-state index contributed by atoms with van der Waals surface area (Å²) < 4.78 is 43.7. The number of aliphatic hydroxyl groups excluding tert-OH is 1. The van der Waals surface area contributed by atoms with Crippen molar-refractivity contribution in [2.45, 2.75) is 24.0 Å². The average molecular weight is 348 g/mol. The molecule has 10 heteroatoms. The molecule has 0 heterocycles.